The van der Waals surface area contributed by atoms with Crippen LogP contribution in [0.4, 0.5) is 17.5 Å². The number of benzene rings is 2. The van der Waals surface area contributed by atoms with Gasteiger partial charge in [-0.05, 0) is 79.8 Å². The number of aromatic nitrogens is 2. The minimum atomic E-state index is -3.67. The van der Waals surface area contributed by atoms with Gasteiger partial charge in [0.25, 0.3) is 0 Å². The lowest BCUT2D eigenvalue weighted by atomic mass is 9.82. The maximum atomic E-state index is 12.6. The molecule has 39 heavy (non-hydrogen) atoms. The quantitative estimate of drug-likeness (QED) is 0.174. The van der Waals surface area contributed by atoms with Crippen LogP contribution in [0, 0.1) is 11.8 Å². The number of nitrogens with one attached hydrogen (secondary N) is 3. The minimum Gasteiger partial charge on any atom is -0.354 e. The molecule has 0 amide bonds. The number of para-hydroxylation sites is 1. The molecular weight excluding hydrogens is 573 g/mol. The molecule has 2 heterocycles. The maximum absolute atomic E-state index is 12.6. The van der Waals surface area contributed by atoms with Crippen LogP contribution in [-0.4, -0.2) is 31.5 Å². The van der Waals surface area contributed by atoms with Crippen LogP contribution in [0.15, 0.2) is 59.5 Å². The lowest BCUT2D eigenvalue weighted by Gasteiger charge is -2.28. The summed E-state index contributed by atoms with van der Waals surface area (Å²) in [5.74, 6) is 2.13. The van der Waals surface area contributed by atoms with Crippen molar-refractivity contribution in [2.75, 3.05) is 23.7 Å². The Morgan fingerprint density at radius 3 is 2.31 bits per heavy atom. The third-order valence-electron chi connectivity index (χ3n) is 7.22. The smallest absolute Gasteiger partial charge is 0.242 e. The molecule has 1 fully saturated rings. The third-order valence-corrected chi connectivity index (χ3v) is 10.4. The fourth-order valence-electron chi connectivity index (χ4n) is 4.90. The van der Waals surface area contributed by atoms with Gasteiger partial charge in [-0.1, -0.05) is 54.4 Å². The molecule has 4 aromatic rings. The number of aryl methyl sites for hydroxylation is 1. The highest BCUT2D eigenvalue weighted by atomic mass is 35.5. The van der Waals surface area contributed by atoms with E-state index in [1.807, 2.05) is 24.3 Å². The molecule has 1 aliphatic rings. The normalized spacial score (nSPS) is 17.8. The van der Waals surface area contributed by atoms with Crippen molar-refractivity contribution in [3.05, 3.63) is 68.8 Å². The van der Waals surface area contributed by atoms with E-state index in [0.29, 0.717) is 22.7 Å². The van der Waals surface area contributed by atoms with E-state index in [-0.39, 0.29) is 15.1 Å². The first-order chi connectivity index (χ1) is 18.8. The summed E-state index contributed by atoms with van der Waals surface area (Å²) in [4.78, 5) is 9.60. The third kappa shape index (κ3) is 7.02. The average Bonchev–Trinajstić information content (AvgIpc) is 3.30. The number of nitrogens with zero attached hydrogens (tertiary/aromatic N) is 2. The van der Waals surface area contributed by atoms with Crippen LogP contribution >= 0.6 is 34.5 Å². The highest BCUT2D eigenvalue weighted by Gasteiger charge is 2.25. The molecule has 7 nitrogen and oxygen atoms in total. The Balaban J connectivity index is 1.17. The second-order valence-corrected chi connectivity index (χ2v) is 13.9. The maximum Gasteiger partial charge on any atom is 0.242 e. The van der Waals surface area contributed by atoms with Crippen molar-refractivity contribution in [3.8, 4) is 0 Å². The highest BCUT2D eigenvalue weighted by Crippen LogP contribution is 2.35. The number of anilines is 3. The van der Waals surface area contributed by atoms with E-state index in [1.165, 1.54) is 11.6 Å². The lowest BCUT2D eigenvalue weighted by Crippen LogP contribution is -2.32. The molecule has 0 bridgehead atoms. The zero-order valence-electron chi connectivity index (χ0n) is 21.6. The molecule has 206 valence electrons. The van der Waals surface area contributed by atoms with Gasteiger partial charge in [0.2, 0.25) is 16.0 Å². The van der Waals surface area contributed by atoms with Crippen molar-refractivity contribution in [1.29, 1.82) is 0 Å². The summed E-state index contributed by atoms with van der Waals surface area (Å²) in [6.45, 7) is 3.31. The Hall–Kier alpha value is -2.43. The standard InChI is InChI=1S/C28H31Cl2N5O2S2/c1-2-18-11-13-21(14-12-18)33-27-22-5-3-4-6-23(22)34-28(35-27)31-16-19-7-9-20(10-8-19)17-32-39(36,37)24-15-25(29)38-26(24)30/h3-6,11-15,19-20,32H,2,7-10,16-17H2,1H3,(H2,31,33,34,35)/t19-,20-. The van der Waals surface area contributed by atoms with E-state index in [2.05, 4.69) is 46.5 Å². The second-order valence-electron chi connectivity index (χ2n) is 9.90. The van der Waals surface area contributed by atoms with Crippen molar-refractivity contribution in [1.82, 2.24) is 14.7 Å². The van der Waals surface area contributed by atoms with Crippen LogP contribution in [0.25, 0.3) is 10.9 Å². The second kappa shape index (κ2) is 12.4. The molecule has 0 radical (unpaired) electrons. The van der Waals surface area contributed by atoms with Crippen molar-refractivity contribution in [2.45, 2.75) is 43.9 Å². The predicted molar refractivity (Wildman–Crippen MR) is 162 cm³/mol. The molecule has 0 aliphatic heterocycles. The van der Waals surface area contributed by atoms with E-state index in [0.717, 1.165) is 72.4 Å². The first-order valence-electron chi connectivity index (χ1n) is 13.1. The zero-order valence-corrected chi connectivity index (χ0v) is 24.7. The molecule has 1 aliphatic carbocycles. The lowest BCUT2D eigenvalue weighted by molar-refractivity contribution is 0.284. The SMILES string of the molecule is CCc1ccc(Nc2nc(NC[C@H]3CC[C@H](CNS(=O)(=O)c4cc(Cl)sc4Cl)CC3)nc3ccccc23)cc1. The van der Waals surface area contributed by atoms with Crippen molar-refractivity contribution < 1.29 is 8.42 Å². The first kappa shape index (κ1) is 28.1. The molecule has 0 atom stereocenters. The van der Waals surface area contributed by atoms with Gasteiger partial charge >= 0.3 is 0 Å². The van der Waals surface area contributed by atoms with E-state index in [9.17, 15) is 8.42 Å². The molecule has 1 saturated carbocycles. The van der Waals surface area contributed by atoms with Crippen LogP contribution in [0.1, 0.15) is 38.2 Å². The summed E-state index contributed by atoms with van der Waals surface area (Å²) in [5.41, 5.74) is 3.16. The van der Waals surface area contributed by atoms with Gasteiger partial charge in [0.05, 0.1) is 9.85 Å². The van der Waals surface area contributed by atoms with Crippen LogP contribution in [0.5, 0.6) is 0 Å². The Bertz CT molecular complexity index is 1540. The Kier molecular flexibility index (Phi) is 8.93. The molecule has 3 N–H and O–H groups in total. The molecular formula is C28H31Cl2N5O2S2. The van der Waals surface area contributed by atoms with Crippen LogP contribution < -0.4 is 15.4 Å². The van der Waals surface area contributed by atoms with E-state index < -0.39 is 10.0 Å². The number of thiophene rings is 1. The number of sulfonamides is 1. The summed E-state index contributed by atoms with van der Waals surface area (Å²) in [6, 6.07) is 17.8. The number of halogens is 2. The highest BCUT2D eigenvalue weighted by molar-refractivity contribution is 7.89. The predicted octanol–water partition coefficient (Wildman–Crippen LogP) is 7.50. The van der Waals surface area contributed by atoms with Crippen LogP contribution in [0.3, 0.4) is 0 Å². The average molecular weight is 605 g/mol. The van der Waals surface area contributed by atoms with Crippen LogP contribution in [0.2, 0.25) is 8.67 Å². The largest absolute Gasteiger partial charge is 0.354 e. The molecule has 11 heteroatoms. The van der Waals surface area contributed by atoms with E-state index in [4.69, 9.17) is 33.2 Å². The van der Waals surface area contributed by atoms with Crippen LogP contribution in [-0.2, 0) is 16.4 Å². The molecule has 2 aromatic heterocycles. The number of fused-ring (bicyclic) bond motifs is 1. The summed E-state index contributed by atoms with van der Waals surface area (Å²) in [7, 11) is -3.67. The number of hydrogen-bond donors (Lipinski definition) is 3. The van der Waals surface area contributed by atoms with Crippen molar-refractivity contribution >= 4 is 72.9 Å². The van der Waals surface area contributed by atoms with Gasteiger partial charge in [-0.25, -0.2) is 18.1 Å². The zero-order chi connectivity index (χ0) is 27.4. The number of hydrogen-bond acceptors (Lipinski definition) is 7. The Morgan fingerprint density at radius 2 is 1.64 bits per heavy atom. The van der Waals surface area contributed by atoms with Gasteiger partial charge in [-0.3, -0.25) is 0 Å². The molecule has 0 spiro atoms. The number of rotatable bonds is 10. The summed E-state index contributed by atoms with van der Waals surface area (Å²) < 4.78 is 28.5. The van der Waals surface area contributed by atoms with Gasteiger partial charge in [-0.15, -0.1) is 11.3 Å². The van der Waals surface area contributed by atoms with Crippen molar-refractivity contribution in [3.63, 3.8) is 0 Å². The summed E-state index contributed by atoms with van der Waals surface area (Å²) >= 11 is 13.0. The van der Waals surface area contributed by atoms with Gasteiger partial charge in [0.15, 0.2) is 0 Å². The minimum absolute atomic E-state index is 0.0549. The summed E-state index contributed by atoms with van der Waals surface area (Å²) in [5, 5.41) is 7.88. The Labute approximate surface area is 243 Å². The first-order valence-corrected chi connectivity index (χ1v) is 16.2. The van der Waals surface area contributed by atoms with E-state index >= 15 is 0 Å². The topological polar surface area (TPSA) is 96.0 Å². The fraction of sp³-hybridized carbons (Fsp3) is 0.357. The van der Waals surface area contributed by atoms with Gasteiger partial charge in [-0.2, -0.15) is 4.98 Å². The fourth-order valence-corrected chi connectivity index (χ4v) is 8.16. The van der Waals surface area contributed by atoms with Crippen molar-refractivity contribution in [2.24, 2.45) is 11.8 Å². The molecule has 5 rings (SSSR count). The molecule has 0 unspecified atom stereocenters. The summed E-state index contributed by atoms with van der Waals surface area (Å²) in [6.07, 6.45) is 4.92. The molecule has 0 saturated heterocycles. The van der Waals surface area contributed by atoms with Gasteiger partial charge in [0.1, 0.15) is 15.0 Å². The Morgan fingerprint density at radius 1 is 0.949 bits per heavy atom. The van der Waals surface area contributed by atoms with Gasteiger partial charge in [0, 0.05) is 24.2 Å². The van der Waals surface area contributed by atoms with Gasteiger partial charge < -0.3 is 10.6 Å². The monoisotopic (exact) mass is 603 g/mol. The van der Waals surface area contributed by atoms with E-state index in [1.54, 1.807) is 0 Å². The molecule has 2 aromatic carbocycles.